The van der Waals surface area contributed by atoms with E-state index in [1.165, 1.54) is 11.3 Å². The highest BCUT2D eigenvalue weighted by Gasteiger charge is 2.16. The zero-order valence-corrected chi connectivity index (χ0v) is 11.9. The molecule has 0 saturated carbocycles. The molecule has 0 aromatic carbocycles. The largest absolute Gasteiger partial charge is 0.353 e. The van der Waals surface area contributed by atoms with Crippen molar-refractivity contribution in [3.63, 3.8) is 0 Å². The minimum Gasteiger partial charge on any atom is -0.353 e. The van der Waals surface area contributed by atoms with Crippen LogP contribution in [-0.4, -0.2) is 36.4 Å². The van der Waals surface area contributed by atoms with E-state index in [9.17, 15) is 0 Å². The Morgan fingerprint density at radius 1 is 1.22 bits per heavy atom. The van der Waals surface area contributed by atoms with Crippen molar-refractivity contribution in [2.75, 3.05) is 31.1 Å². The lowest BCUT2D eigenvalue weighted by molar-refractivity contribution is 0.584. The molecule has 0 amide bonds. The van der Waals surface area contributed by atoms with E-state index < -0.39 is 0 Å². The van der Waals surface area contributed by atoms with Gasteiger partial charge in [0.1, 0.15) is 4.34 Å². The second-order valence-corrected chi connectivity index (χ2v) is 6.40. The van der Waals surface area contributed by atoms with Crippen LogP contribution >= 0.6 is 34.5 Å². The van der Waals surface area contributed by atoms with Crippen molar-refractivity contribution in [1.29, 1.82) is 0 Å². The van der Waals surface area contributed by atoms with Gasteiger partial charge in [-0.2, -0.15) is 5.10 Å². The summed E-state index contributed by atoms with van der Waals surface area (Å²) in [6.45, 7) is 3.94. The van der Waals surface area contributed by atoms with Gasteiger partial charge in [-0.3, -0.25) is 5.10 Å². The van der Waals surface area contributed by atoms with Crippen LogP contribution in [-0.2, 0) is 0 Å². The van der Waals surface area contributed by atoms with E-state index in [4.69, 9.17) is 23.2 Å². The molecule has 0 atom stereocenters. The second kappa shape index (κ2) is 5.09. The van der Waals surface area contributed by atoms with Gasteiger partial charge in [0, 0.05) is 37.8 Å². The van der Waals surface area contributed by atoms with Gasteiger partial charge in [0.15, 0.2) is 5.82 Å². The van der Waals surface area contributed by atoms with Crippen molar-refractivity contribution < 1.29 is 0 Å². The van der Waals surface area contributed by atoms with Crippen molar-refractivity contribution in [2.45, 2.75) is 0 Å². The first-order valence-corrected chi connectivity index (χ1v) is 7.27. The van der Waals surface area contributed by atoms with Crippen LogP contribution in [0.1, 0.15) is 0 Å². The zero-order chi connectivity index (χ0) is 12.5. The molecule has 0 spiro atoms. The first-order valence-electron chi connectivity index (χ1n) is 5.70. The first-order chi connectivity index (χ1) is 8.74. The lowest BCUT2D eigenvalue weighted by atomic mass is 10.2. The summed E-state index contributed by atoms with van der Waals surface area (Å²) in [4.78, 5) is 2.25. The third-order valence-corrected chi connectivity index (χ3v) is 4.44. The average molecular weight is 303 g/mol. The Morgan fingerprint density at radius 2 is 2.00 bits per heavy atom. The Balaban J connectivity index is 1.86. The summed E-state index contributed by atoms with van der Waals surface area (Å²) in [5, 5.41) is 10.7. The number of hydrogen-bond acceptors (Lipinski definition) is 4. The van der Waals surface area contributed by atoms with E-state index >= 15 is 0 Å². The van der Waals surface area contributed by atoms with Crippen LogP contribution < -0.4 is 10.2 Å². The number of nitrogens with one attached hydrogen (secondary N) is 2. The fourth-order valence-electron chi connectivity index (χ4n) is 2.03. The van der Waals surface area contributed by atoms with Crippen LogP contribution in [0.3, 0.4) is 0 Å². The van der Waals surface area contributed by atoms with Gasteiger partial charge in [-0.25, -0.2) is 0 Å². The smallest absolute Gasteiger partial charge is 0.151 e. The fourth-order valence-corrected chi connectivity index (χ4v) is 3.52. The van der Waals surface area contributed by atoms with Gasteiger partial charge in [0.25, 0.3) is 0 Å². The third kappa shape index (κ3) is 2.36. The molecule has 1 fully saturated rings. The molecule has 1 aliphatic rings. The van der Waals surface area contributed by atoms with Crippen molar-refractivity contribution in [3.05, 3.63) is 20.8 Å². The molecule has 2 N–H and O–H groups in total. The number of thiophene rings is 1. The van der Waals surface area contributed by atoms with Crippen LogP contribution in [0.15, 0.2) is 12.1 Å². The standard InChI is InChI=1S/C11H12Cl2N4S/c12-9-5-7(11(13)18-9)8-6-10(16-15-8)17-3-1-14-2-4-17/h5-6,14H,1-4H2,(H,15,16). The topological polar surface area (TPSA) is 44.0 Å². The Hall–Kier alpha value is -0.750. The summed E-state index contributed by atoms with van der Waals surface area (Å²) in [5.74, 6) is 0.963. The second-order valence-electron chi connectivity index (χ2n) is 4.11. The number of H-pyrrole nitrogens is 1. The first kappa shape index (κ1) is 12.3. The van der Waals surface area contributed by atoms with Gasteiger partial charge in [-0.05, 0) is 6.07 Å². The lowest BCUT2D eigenvalue weighted by Crippen LogP contribution is -2.43. The molecule has 3 rings (SSSR count). The molecule has 4 nitrogen and oxygen atoms in total. The summed E-state index contributed by atoms with van der Waals surface area (Å²) in [6, 6.07) is 3.89. The highest BCUT2D eigenvalue weighted by Crippen LogP contribution is 2.38. The van der Waals surface area contributed by atoms with Gasteiger partial charge in [-0.1, -0.05) is 23.2 Å². The summed E-state index contributed by atoms with van der Waals surface area (Å²) < 4.78 is 1.38. The summed E-state index contributed by atoms with van der Waals surface area (Å²) in [7, 11) is 0. The van der Waals surface area contributed by atoms with Crippen LogP contribution in [0.2, 0.25) is 8.67 Å². The van der Waals surface area contributed by atoms with Crippen molar-refractivity contribution in [2.24, 2.45) is 0 Å². The Morgan fingerprint density at radius 3 is 2.67 bits per heavy atom. The van der Waals surface area contributed by atoms with E-state index in [1.807, 2.05) is 12.1 Å². The molecule has 2 aromatic heterocycles. The van der Waals surface area contributed by atoms with Gasteiger partial charge < -0.3 is 10.2 Å². The summed E-state index contributed by atoms with van der Waals surface area (Å²) in [5.41, 5.74) is 1.83. The Kier molecular flexibility index (Phi) is 3.48. The number of piperazine rings is 1. The van der Waals surface area contributed by atoms with Crippen molar-refractivity contribution in [3.8, 4) is 11.3 Å². The maximum absolute atomic E-state index is 6.14. The number of hydrogen-bond donors (Lipinski definition) is 2. The number of rotatable bonds is 2. The molecule has 0 aliphatic carbocycles. The predicted octanol–water partition coefficient (Wildman–Crippen LogP) is 2.85. The third-order valence-electron chi connectivity index (χ3n) is 2.95. The van der Waals surface area contributed by atoms with Crippen molar-refractivity contribution >= 4 is 40.4 Å². The van der Waals surface area contributed by atoms with E-state index in [0.29, 0.717) is 8.67 Å². The summed E-state index contributed by atoms with van der Waals surface area (Å²) in [6.07, 6.45) is 0. The number of anilines is 1. The Bertz CT molecular complexity index is 545. The highest BCUT2D eigenvalue weighted by atomic mass is 35.5. The molecule has 0 radical (unpaired) electrons. The maximum Gasteiger partial charge on any atom is 0.151 e. The van der Waals surface area contributed by atoms with Gasteiger partial charge >= 0.3 is 0 Å². The molecule has 1 saturated heterocycles. The molecule has 7 heteroatoms. The quantitative estimate of drug-likeness (QED) is 0.896. The molecular weight excluding hydrogens is 291 g/mol. The summed E-state index contributed by atoms with van der Waals surface area (Å²) >= 11 is 13.5. The van der Waals surface area contributed by atoms with Crippen LogP contribution in [0.5, 0.6) is 0 Å². The zero-order valence-electron chi connectivity index (χ0n) is 9.54. The van der Waals surface area contributed by atoms with E-state index in [0.717, 1.165) is 43.3 Å². The number of aromatic nitrogens is 2. The molecule has 1 aliphatic heterocycles. The van der Waals surface area contributed by atoms with Crippen LogP contribution in [0.25, 0.3) is 11.3 Å². The Labute approximate surface area is 119 Å². The fraction of sp³-hybridized carbons (Fsp3) is 0.364. The van der Waals surface area contributed by atoms with E-state index in [1.54, 1.807) is 0 Å². The molecule has 3 heterocycles. The number of nitrogens with zero attached hydrogens (tertiary/aromatic N) is 2. The maximum atomic E-state index is 6.14. The highest BCUT2D eigenvalue weighted by molar-refractivity contribution is 7.20. The molecule has 96 valence electrons. The molecule has 2 aromatic rings. The minimum absolute atomic E-state index is 0.688. The van der Waals surface area contributed by atoms with Crippen molar-refractivity contribution in [1.82, 2.24) is 15.5 Å². The van der Waals surface area contributed by atoms with Crippen LogP contribution in [0.4, 0.5) is 5.82 Å². The average Bonchev–Trinajstić information content (AvgIpc) is 2.97. The lowest BCUT2D eigenvalue weighted by Gasteiger charge is -2.26. The van der Waals surface area contributed by atoms with E-state index in [2.05, 4.69) is 20.4 Å². The number of halogens is 2. The van der Waals surface area contributed by atoms with Crippen LogP contribution in [0, 0.1) is 0 Å². The number of aromatic amines is 1. The van der Waals surface area contributed by atoms with E-state index in [-0.39, 0.29) is 0 Å². The SMILES string of the molecule is Clc1cc(-c2cc(N3CCNCC3)n[nH]2)c(Cl)s1. The molecular formula is C11H12Cl2N4S. The monoisotopic (exact) mass is 302 g/mol. The molecule has 0 bridgehead atoms. The normalized spacial score (nSPS) is 16.2. The molecule has 0 unspecified atom stereocenters. The predicted molar refractivity (Wildman–Crippen MR) is 77.0 cm³/mol. The molecule has 18 heavy (non-hydrogen) atoms. The van der Waals surface area contributed by atoms with Gasteiger partial charge in [0.05, 0.1) is 10.0 Å². The van der Waals surface area contributed by atoms with Gasteiger partial charge in [0.2, 0.25) is 0 Å². The minimum atomic E-state index is 0.688. The van der Waals surface area contributed by atoms with Gasteiger partial charge in [-0.15, -0.1) is 11.3 Å².